The fourth-order valence-electron chi connectivity index (χ4n) is 1.88. The largest absolute Gasteiger partial charge is 0.324 e. The molecule has 5 heteroatoms. The smallest absolute Gasteiger partial charge is 0.217 e. The molecule has 0 aliphatic rings. The number of thiazole rings is 1. The van der Waals surface area contributed by atoms with Gasteiger partial charge in [0, 0.05) is 0 Å². The van der Waals surface area contributed by atoms with Crippen LogP contribution in [0.4, 0.5) is 0 Å². The summed E-state index contributed by atoms with van der Waals surface area (Å²) >= 11 is 1.66. The van der Waals surface area contributed by atoms with Crippen LogP contribution < -0.4 is 5.73 Å². The van der Waals surface area contributed by atoms with Gasteiger partial charge in [-0.25, -0.2) is 0 Å². The van der Waals surface area contributed by atoms with E-state index in [4.69, 9.17) is 5.73 Å². The van der Waals surface area contributed by atoms with E-state index >= 15 is 0 Å². The highest BCUT2D eigenvalue weighted by atomic mass is 32.1. The molecule has 0 aliphatic heterocycles. The molecule has 0 spiro atoms. The van der Waals surface area contributed by atoms with Gasteiger partial charge in [-0.2, -0.15) is 0 Å². The molecule has 2 aromatic heterocycles. The van der Waals surface area contributed by atoms with E-state index in [0.717, 1.165) is 22.7 Å². The molecule has 0 atom stereocenters. The number of hydrogen-bond donors (Lipinski definition) is 1. The zero-order chi connectivity index (χ0) is 11.1. The zero-order valence-corrected chi connectivity index (χ0v) is 9.79. The molecule has 16 heavy (non-hydrogen) atoms. The minimum atomic E-state index is 0.419. The van der Waals surface area contributed by atoms with E-state index in [0.29, 0.717) is 6.54 Å². The van der Waals surface area contributed by atoms with Crippen LogP contribution in [0, 0.1) is 0 Å². The lowest BCUT2D eigenvalue weighted by Crippen LogP contribution is -2.01. The number of hydrogen-bond acceptors (Lipinski definition) is 4. The van der Waals surface area contributed by atoms with Crippen LogP contribution in [-0.2, 0) is 13.0 Å². The average Bonchev–Trinajstić information content (AvgIpc) is 2.85. The van der Waals surface area contributed by atoms with Gasteiger partial charge in [-0.15, -0.1) is 10.2 Å². The van der Waals surface area contributed by atoms with Gasteiger partial charge in [0.2, 0.25) is 4.96 Å². The first-order valence-corrected chi connectivity index (χ1v) is 6.10. The second-order valence-electron chi connectivity index (χ2n) is 3.70. The average molecular weight is 232 g/mol. The molecular formula is C11H12N4S. The fraction of sp³-hybridized carbons (Fsp3) is 0.273. The lowest BCUT2D eigenvalue weighted by atomic mass is 10.2. The van der Waals surface area contributed by atoms with Crippen molar-refractivity contribution in [2.45, 2.75) is 19.9 Å². The van der Waals surface area contributed by atoms with Crippen LogP contribution in [0.3, 0.4) is 0 Å². The Balaban J connectivity index is 2.38. The Morgan fingerprint density at radius 1 is 1.38 bits per heavy atom. The van der Waals surface area contributed by atoms with Gasteiger partial charge in [0.25, 0.3) is 0 Å². The Kier molecular flexibility index (Phi) is 2.15. The van der Waals surface area contributed by atoms with Crippen molar-refractivity contribution in [3.8, 4) is 0 Å². The second kappa shape index (κ2) is 3.54. The van der Waals surface area contributed by atoms with Crippen molar-refractivity contribution >= 4 is 26.5 Å². The Bertz CT molecular complexity index is 652. The van der Waals surface area contributed by atoms with E-state index in [9.17, 15) is 0 Å². The summed E-state index contributed by atoms with van der Waals surface area (Å²) < 4.78 is 3.29. The SMILES string of the molecule is CCc1ccc2c(c1)sc1nnc(CN)n12. The van der Waals surface area contributed by atoms with Crippen molar-refractivity contribution in [2.24, 2.45) is 5.73 Å². The minimum Gasteiger partial charge on any atom is -0.324 e. The van der Waals surface area contributed by atoms with Crippen molar-refractivity contribution in [1.29, 1.82) is 0 Å². The number of nitrogens with two attached hydrogens (primary N) is 1. The first-order valence-electron chi connectivity index (χ1n) is 5.29. The van der Waals surface area contributed by atoms with Gasteiger partial charge in [-0.05, 0) is 24.1 Å². The molecule has 0 aliphatic carbocycles. The summed E-state index contributed by atoms with van der Waals surface area (Å²) in [5.74, 6) is 0.825. The molecule has 0 fully saturated rings. The maximum Gasteiger partial charge on any atom is 0.217 e. The summed E-state index contributed by atoms with van der Waals surface area (Å²) in [5, 5.41) is 8.20. The molecule has 82 valence electrons. The molecule has 3 aromatic rings. The summed E-state index contributed by atoms with van der Waals surface area (Å²) in [5.41, 5.74) is 8.15. The third-order valence-electron chi connectivity index (χ3n) is 2.76. The van der Waals surface area contributed by atoms with Crippen LogP contribution in [0.1, 0.15) is 18.3 Å². The maximum atomic E-state index is 5.65. The summed E-state index contributed by atoms with van der Waals surface area (Å²) in [6, 6.07) is 6.49. The van der Waals surface area contributed by atoms with Crippen LogP contribution in [0.5, 0.6) is 0 Å². The van der Waals surface area contributed by atoms with E-state index in [1.54, 1.807) is 11.3 Å². The van der Waals surface area contributed by atoms with Crippen molar-refractivity contribution in [3.05, 3.63) is 29.6 Å². The molecular weight excluding hydrogens is 220 g/mol. The third kappa shape index (κ3) is 1.25. The molecule has 0 bridgehead atoms. The van der Waals surface area contributed by atoms with E-state index in [-0.39, 0.29) is 0 Å². The summed E-state index contributed by atoms with van der Waals surface area (Å²) in [6.07, 6.45) is 1.05. The third-order valence-corrected chi connectivity index (χ3v) is 3.75. The van der Waals surface area contributed by atoms with Gasteiger partial charge >= 0.3 is 0 Å². The van der Waals surface area contributed by atoms with E-state index < -0.39 is 0 Å². The molecule has 0 radical (unpaired) electrons. The quantitative estimate of drug-likeness (QED) is 0.735. The van der Waals surface area contributed by atoms with Crippen LogP contribution in [0.15, 0.2) is 18.2 Å². The first-order chi connectivity index (χ1) is 7.83. The monoisotopic (exact) mass is 232 g/mol. The standard InChI is InChI=1S/C11H12N4S/c1-2-7-3-4-8-9(5-7)16-11-14-13-10(6-12)15(8)11/h3-5H,2,6,12H2,1H3. The molecule has 1 aromatic carbocycles. The van der Waals surface area contributed by atoms with Crippen LogP contribution in [0.2, 0.25) is 0 Å². The van der Waals surface area contributed by atoms with E-state index in [1.807, 2.05) is 4.40 Å². The van der Waals surface area contributed by atoms with Crippen molar-refractivity contribution in [2.75, 3.05) is 0 Å². The normalized spacial score (nSPS) is 11.6. The number of nitrogens with zero attached hydrogens (tertiary/aromatic N) is 3. The highest BCUT2D eigenvalue weighted by Crippen LogP contribution is 2.27. The molecule has 0 saturated heterocycles. The van der Waals surface area contributed by atoms with Gasteiger partial charge in [0.15, 0.2) is 5.82 Å². The number of benzene rings is 1. The second-order valence-corrected chi connectivity index (χ2v) is 4.71. The van der Waals surface area contributed by atoms with Gasteiger partial charge < -0.3 is 5.73 Å². The predicted molar refractivity (Wildman–Crippen MR) is 65.6 cm³/mol. The number of fused-ring (bicyclic) bond motifs is 3. The Hall–Kier alpha value is -1.46. The highest BCUT2D eigenvalue weighted by molar-refractivity contribution is 7.23. The van der Waals surface area contributed by atoms with E-state index in [1.165, 1.54) is 10.3 Å². The Labute approximate surface area is 96.7 Å². The molecule has 0 amide bonds. The molecule has 2 heterocycles. The molecule has 0 saturated carbocycles. The van der Waals surface area contributed by atoms with Gasteiger partial charge in [0.05, 0.1) is 16.8 Å². The molecule has 3 rings (SSSR count). The molecule has 0 unspecified atom stereocenters. The van der Waals surface area contributed by atoms with E-state index in [2.05, 4.69) is 35.3 Å². The predicted octanol–water partition coefficient (Wildman–Crippen LogP) is 1.97. The number of aryl methyl sites for hydroxylation is 1. The summed E-state index contributed by atoms with van der Waals surface area (Å²) in [4.78, 5) is 0.920. The first kappa shape index (κ1) is 9.74. The minimum absolute atomic E-state index is 0.419. The Morgan fingerprint density at radius 3 is 3.00 bits per heavy atom. The molecule has 2 N–H and O–H groups in total. The topological polar surface area (TPSA) is 56.2 Å². The van der Waals surface area contributed by atoms with Crippen LogP contribution in [0.25, 0.3) is 15.2 Å². The molecule has 4 nitrogen and oxygen atoms in total. The zero-order valence-electron chi connectivity index (χ0n) is 8.97. The van der Waals surface area contributed by atoms with Gasteiger partial charge in [-0.3, -0.25) is 4.40 Å². The fourth-order valence-corrected chi connectivity index (χ4v) is 2.93. The number of aromatic nitrogens is 3. The lowest BCUT2D eigenvalue weighted by Gasteiger charge is -1.97. The van der Waals surface area contributed by atoms with Crippen molar-refractivity contribution in [3.63, 3.8) is 0 Å². The van der Waals surface area contributed by atoms with Crippen LogP contribution >= 0.6 is 11.3 Å². The van der Waals surface area contributed by atoms with Gasteiger partial charge in [0.1, 0.15) is 0 Å². The van der Waals surface area contributed by atoms with Crippen molar-refractivity contribution in [1.82, 2.24) is 14.6 Å². The Morgan fingerprint density at radius 2 is 2.25 bits per heavy atom. The number of rotatable bonds is 2. The summed E-state index contributed by atoms with van der Waals surface area (Å²) in [7, 11) is 0. The maximum absolute atomic E-state index is 5.65. The van der Waals surface area contributed by atoms with Crippen LogP contribution in [-0.4, -0.2) is 14.6 Å². The van der Waals surface area contributed by atoms with Crippen molar-refractivity contribution < 1.29 is 0 Å². The van der Waals surface area contributed by atoms with Gasteiger partial charge in [-0.1, -0.05) is 24.3 Å². The summed E-state index contributed by atoms with van der Waals surface area (Å²) in [6.45, 7) is 2.58. The highest BCUT2D eigenvalue weighted by Gasteiger charge is 2.10. The lowest BCUT2D eigenvalue weighted by molar-refractivity contribution is 0.895.